The van der Waals surface area contributed by atoms with Gasteiger partial charge < -0.3 is 20.1 Å². The molecule has 1 aromatic heterocycles. The third-order valence-corrected chi connectivity index (χ3v) is 6.42. The molecule has 1 amide bonds. The van der Waals surface area contributed by atoms with Crippen molar-refractivity contribution in [3.8, 4) is 16.9 Å². The third-order valence-electron chi connectivity index (χ3n) is 4.54. The van der Waals surface area contributed by atoms with E-state index in [1.807, 2.05) is 29.6 Å². The predicted molar refractivity (Wildman–Crippen MR) is 144 cm³/mol. The van der Waals surface area contributed by atoms with E-state index in [4.69, 9.17) is 33.3 Å². The quantitative estimate of drug-likeness (QED) is 0.167. The molecule has 1 heterocycles. The number of thiocarbonyl (C=S) groups is 1. The molecule has 34 heavy (non-hydrogen) atoms. The lowest BCUT2D eigenvalue weighted by Crippen LogP contribution is -2.34. The van der Waals surface area contributed by atoms with E-state index in [0.717, 1.165) is 15.6 Å². The second kappa shape index (κ2) is 12.9. The molecule has 3 aromatic rings. The van der Waals surface area contributed by atoms with Crippen LogP contribution < -0.4 is 15.4 Å². The summed E-state index contributed by atoms with van der Waals surface area (Å²) in [5.74, 6) is -0.0232. The van der Waals surface area contributed by atoms with Crippen molar-refractivity contribution in [2.75, 3.05) is 18.5 Å². The van der Waals surface area contributed by atoms with Gasteiger partial charge in [-0.25, -0.2) is 4.79 Å². The summed E-state index contributed by atoms with van der Waals surface area (Å²) in [6, 6.07) is 14.6. The highest BCUT2D eigenvalue weighted by Crippen LogP contribution is 2.36. The summed E-state index contributed by atoms with van der Waals surface area (Å²) in [5.41, 5.74) is 1.97. The topological polar surface area (TPSA) is 76.7 Å². The smallest absolute Gasteiger partial charge is 0.341 e. The molecule has 6 nitrogen and oxygen atoms in total. The number of hydrogen-bond acceptors (Lipinski definition) is 6. The van der Waals surface area contributed by atoms with Crippen LogP contribution >= 0.6 is 51.1 Å². The van der Waals surface area contributed by atoms with Gasteiger partial charge in [-0.3, -0.25) is 4.79 Å². The van der Waals surface area contributed by atoms with E-state index in [9.17, 15) is 9.59 Å². The Morgan fingerprint density at radius 1 is 1.12 bits per heavy atom. The highest BCUT2D eigenvalue weighted by atomic mass is 79.9. The number of nitrogens with one attached hydrogen (secondary N) is 2. The van der Waals surface area contributed by atoms with E-state index in [0.29, 0.717) is 34.4 Å². The van der Waals surface area contributed by atoms with Gasteiger partial charge in [0.1, 0.15) is 16.3 Å². The maximum absolute atomic E-state index is 12.7. The molecule has 0 radical (unpaired) electrons. The van der Waals surface area contributed by atoms with E-state index in [-0.39, 0.29) is 24.0 Å². The Hall–Kier alpha value is -2.46. The van der Waals surface area contributed by atoms with Crippen molar-refractivity contribution in [2.24, 2.45) is 0 Å². The van der Waals surface area contributed by atoms with Crippen molar-refractivity contribution in [3.05, 3.63) is 69.0 Å². The van der Waals surface area contributed by atoms with Crippen molar-refractivity contribution >= 4 is 73.1 Å². The van der Waals surface area contributed by atoms with Crippen LogP contribution in [0.2, 0.25) is 5.02 Å². The van der Waals surface area contributed by atoms with Crippen molar-refractivity contribution in [2.45, 2.75) is 19.8 Å². The summed E-state index contributed by atoms with van der Waals surface area (Å²) in [5, 5.41) is 8.72. The van der Waals surface area contributed by atoms with Gasteiger partial charge in [0.15, 0.2) is 5.11 Å². The minimum atomic E-state index is -0.461. The molecular weight excluding hydrogens is 560 g/mol. The molecular formula is C24H22BrClN2O4S2. The number of carbonyl (C=O) groups is 2. The van der Waals surface area contributed by atoms with Crippen LogP contribution in [-0.2, 0) is 9.53 Å². The number of esters is 1. The summed E-state index contributed by atoms with van der Waals surface area (Å²) < 4.78 is 11.8. The first-order valence-corrected chi connectivity index (χ1v) is 12.9. The molecule has 0 saturated carbocycles. The summed E-state index contributed by atoms with van der Waals surface area (Å²) in [6.07, 6.45) is 0.743. The molecule has 3 rings (SSSR count). The summed E-state index contributed by atoms with van der Waals surface area (Å²) >= 11 is 15.9. The summed E-state index contributed by atoms with van der Waals surface area (Å²) in [4.78, 5) is 25.0. The van der Waals surface area contributed by atoms with Crippen LogP contribution in [-0.4, -0.2) is 30.2 Å². The number of amides is 1. The molecule has 0 saturated heterocycles. The normalized spacial score (nSPS) is 10.4. The number of ether oxygens (including phenoxy) is 2. The zero-order valence-corrected chi connectivity index (χ0v) is 22.2. The van der Waals surface area contributed by atoms with Crippen LogP contribution in [0.25, 0.3) is 11.1 Å². The van der Waals surface area contributed by atoms with Crippen molar-refractivity contribution in [3.63, 3.8) is 0 Å². The van der Waals surface area contributed by atoms with Crippen molar-refractivity contribution in [1.29, 1.82) is 0 Å². The van der Waals surface area contributed by atoms with Crippen LogP contribution in [0.4, 0.5) is 5.00 Å². The fraction of sp³-hybridized carbons (Fsp3) is 0.208. The lowest BCUT2D eigenvalue weighted by Gasteiger charge is -2.11. The molecule has 0 bridgehead atoms. The number of anilines is 1. The molecule has 0 unspecified atom stereocenters. The van der Waals surface area contributed by atoms with Crippen LogP contribution in [0.1, 0.15) is 30.1 Å². The molecule has 2 N–H and O–H groups in total. The molecule has 2 aromatic carbocycles. The van der Waals surface area contributed by atoms with Gasteiger partial charge in [0, 0.05) is 26.9 Å². The number of thiophene rings is 1. The summed E-state index contributed by atoms with van der Waals surface area (Å²) in [7, 11) is 0. The number of rotatable bonds is 9. The molecule has 178 valence electrons. The Kier molecular flexibility index (Phi) is 9.88. The van der Waals surface area contributed by atoms with Crippen LogP contribution in [0.15, 0.2) is 58.4 Å². The summed E-state index contributed by atoms with van der Waals surface area (Å²) in [6.45, 7) is 2.37. The van der Waals surface area contributed by atoms with Crippen LogP contribution in [0.3, 0.4) is 0 Å². The van der Waals surface area contributed by atoms with Gasteiger partial charge in [0.05, 0.1) is 13.2 Å². The van der Waals surface area contributed by atoms with E-state index in [2.05, 4.69) is 26.6 Å². The molecule has 0 atom stereocenters. The van der Waals surface area contributed by atoms with Gasteiger partial charge in [-0.15, -0.1) is 11.3 Å². The molecule has 0 aliphatic heterocycles. The Morgan fingerprint density at radius 3 is 2.50 bits per heavy atom. The number of carbonyl (C=O) groups excluding carboxylic acids is 2. The standard InChI is InChI=1S/C24H22BrClN2O4S2/c1-2-31-23(30)21-19(15-5-7-16(25)8-6-15)14-34-22(21)28-24(33)27-20(29)4-3-13-32-18-11-9-17(26)10-12-18/h5-12,14H,2-4,13H2,1H3,(H2,27,28,29,33). The lowest BCUT2D eigenvalue weighted by molar-refractivity contribution is -0.119. The predicted octanol–water partition coefficient (Wildman–Crippen LogP) is 6.68. The maximum Gasteiger partial charge on any atom is 0.341 e. The second-order valence-corrected chi connectivity index (χ2v) is 9.63. The number of hydrogen-bond donors (Lipinski definition) is 2. The molecule has 0 spiro atoms. The van der Waals surface area contributed by atoms with Gasteiger partial charge >= 0.3 is 5.97 Å². The monoisotopic (exact) mass is 580 g/mol. The van der Waals surface area contributed by atoms with Gasteiger partial charge in [-0.1, -0.05) is 39.7 Å². The minimum Gasteiger partial charge on any atom is -0.494 e. The average Bonchev–Trinajstić information content (AvgIpc) is 3.22. The maximum atomic E-state index is 12.7. The Labute approximate surface area is 220 Å². The second-order valence-electron chi connectivity index (χ2n) is 6.99. The van der Waals surface area contributed by atoms with E-state index in [1.165, 1.54) is 11.3 Å². The van der Waals surface area contributed by atoms with Gasteiger partial charge in [0.2, 0.25) is 5.91 Å². The van der Waals surface area contributed by atoms with Gasteiger partial charge in [-0.2, -0.15) is 0 Å². The highest BCUT2D eigenvalue weighted by molar-refractivity contribution is 9.10. The van der Waals surface area contributed by atoms with Crippen LogP contribution in [0, 0.1) is 0 Å². The van der Waals surface area contributed by atoms with Crippen molar-refractivity contribution < 1.29 is 19.1 Å². The zero-order valence-electron chi connectivity index (χ0n) is 18.2. The first-order chi connectivity index (χ1) is 16.4. The lowest BCUT2D eigenvalue weighted by atomic mass is 10.0. The highest BCUT2D eigenvalue weighted by Gasteiger charge is 2.22. The minimum absolute atomic E-state index is 0.110. The molecule has 0 aliphatic carbocycles. The molecule has 0 fully saturated rings. The zero-order chi connectivity index (χ0) is 24.5. The largest absolute Gasteiger partial charge is 0.494 e. The molecule has 0 aliphatic rings. The fourth-order valence-electron chi connectivity index (χ4n) is 2.97. The number of benzene rings is 2. The Balaban J connectivity index is 1.57. The van der Waals surface area contributed by atoms with Gasteiger partial charge in [0.25, 0.3) is 0 Å². The number of halogens is 2. The van der Waals surface area contributed by atoms with Gasteiger partial charge in [-0.05, 0) is 67.5 Å². The van der Waals surface area contributed by atoms with Crippen molar-refractivity contribution in [1.82, 2.24) is 5.32 Å². The van der Waals surface area contributed by atoms with E-state index in [1.54, 1.807) is 31.2 Å². The third kappa shape index (κ3) is 7.53. The van der Waals surface area contributed by atoms with Crippen LogP contribution in [0.5, 0.6) is 5.75 Å². The fourth-order valence-corrected chi connectivity index (χ4v) is 4.61. The van der Waals surface area contributed by atoms with E-state index < -0.39 is 5.97 Å². The first-order valence-electron chi connectivity index (χ1n) is 10.4. The first kappa shape index (κ1) is 26.2. The molecule has 10 heteroatoms. The Morgan fingerprint density at radius 2 is 1.82 bits per heavy atom. The van der Waals surface area contributed by atoms with E-state index >= 15 is 0 Å². The Bertz CT molecular complexity index is 1150. The average molecular weight is 582 g/mol. The SMILES string of the molecule is CCOC(=O)c1c(-c2ccc(Br)cc2)csc1NC(=S)NC(=O)CCCOc1ccc(Cl)cc1.